The minimum Gasteiger partial charge on any atom is -0.457 e. The zero-order valence-electron chi connectivity index (χ0n) is 15.6. The zero-order chi connectivity index (χ0) is 21.1. The molecule has 0 bridgehead atoms. The highest BCUT2D eigenvalue weighted by Gasteiger charge is 2.35. The molecule has 2 N–H and O–H groups in total. The van der Waals surface area contributed by atoms with Gasteiger partial charge in [-0.3, -0.25) is 9.59 Å². The molecule has 0 spiro atoms. The summed E-state index contributed by atoms with van der Waals surface area (Å²) in [4.78, 5) is 37.6. The molecule has 4 rings (SSSR count). The van der Waals surface area contributed by atoms with E-state index < -0.39 is 30.2 Å². The lowest BCUT2D eigenvalue weighted by Gasteiger charge is -2.11. The highest BCUT2D eigenvalue weighted by molar-refractivity contribution is 6.15. The quantitative estimate of drug-likeness (QED) is 0.501. The van der Waals surface area contributed by atoms with Gasteiger partial charge in [0.05, 0.1) is 0 Å². The van der Waals surface area contributed by atoms with Crippen molar-refractivity contribution < 1.29 is 23.2 Å². The van der Waals surface area contributed by atoms with Crippen LogP contribution in [-0.2, 0) is 9.59 Å². The summed E-state index contributed by atoms with van der Waals surface area (Å²) in [6.07, 6.45) is 1.36. The molecule has 1 aliphatic heterocycles. The van der Waals surface area contributed by atoms with Crippen molar-refractivity contribution in [3.63, 3.8) is 0 Å². The predicted octanol–water partition coefficient (Wildman–Crippen LogP) is 3.62. The largest absolute Gasteiger partial charge is 0.457 e. The molecule has 1 aliphatic rings. The van der Waals surface area contributed by atoms with Crippen molar-refractivity contribution >= 4 is 29.6 Å². The number of hydrogen-bond donors (Lipinski definition) is 2. The van der Waals surface area contributed by atoms with Gasteiger partial charge in [0.15, 0.2) is 0 Å². The van der Waals surface area contributed by atoms with Gasteiger partial charge < -0.3 is 15.1 Å². The van der Waals surface area contributed by atoms with Crippen LogP contribution in [0.5, 0.6) is 0 Å². The molecule has 2 aromatic carbocycles. The lowest BCUT2D eigenvalue weighted by Crippen LogP contribution is -2.38. The van der Waals surface area contributed by atoms with Crippen LogP contribution in [0.3, 0.4) is 0 Å². The van der Waals surface area contributed by atoms with Crippen LogP contribution in [0.1, 0.15) is 5.76 Å². The molecule has 30 heavy (non-hydrogen) atoms. The maximum atomic E-state index is 13.4. The Bertz CT molecular complexity index is 1150. The second-order valence-corrected chi connectivity index (χ2v) is 6.51. The number of imide groups is 1. The molecule has 0 unspecified atom stereocenters. The molecule has 7 nitrogen and oxygen atoms in total. The number of carbonyl (C=O) groups is 3. The molecule has 150 valence electrons. The second kappa shape index (κ2) is 8.04. The fourth-order valence-electron chi connectivity index (χ4n) is 2.95. The summed E-state index contributed by atoms with van der Waals surface area (Å²) in [5.41, 5.74) is 1.08. The van der Waals surface area contributed by atoms with Crippen LogP contribution in [0.15, 0.2) is 76.8 Å². The fourth-order valence-corrected chi connectivity index (χ4v) is 2.95. The van der Waals surface area contributed by atoms with Crippen molar-refractivity contribution in [3.05, 3.63) is 84.0 Å². The van der Waals surface area contributed by atoms with E-state index in [-0.39, 0.29) is 5.70 Å². The van der Waals surface area contributed by atoms with E-state index in [2.05, 4.69) is 10.6 Å². The lowest BCUT2D eigenvalue weighted by molar-refractivity contribution is -0.127. The number of hydrogen-bond acceptors (Lipinski definition) is 4. The van der Waals surface area contributed by atoms with E-state index in [1.165, 1.54) is 18.2 Å². The van der Waals surface area contributed by atoms with E-state index in [0.717, 1.165) is 4.90 Å². The van der Waals surface area contributed by atoms with E-state index >= 15 is 0 Å². The van der Waals surface area contributed by atoms with Crippen molar-refractivity contribution in [2.24, 2.45) is 0 Å². The van der Waals surface area contributed by atoms with Gasteiger partial charge in [0.1, 0.15) is 29.6 Å². The van der Waals surface area contributed by atoms with E-state index in [4.69, 9.17) is 4.42 Å². The highest BCUT2D eigenvalue weighted by atomic mass is 19.1. The Kier molecular flexibility index (Phi) is 5.13. The Hall–Kier alpha value is -4.20. The molecule has 1 fully saturated rings. The molecule has 1 aromatic heterocycles. The monoisotopic (exact) mass is 405 g/mol. The van der Waals surface area contributed by atoms with Crippen LogP contribution in [0, 0.1) is 5.82 Å². The van der Waals surface area contributed by atoms with Crippen molar-refractivity contribution in [1.29, 1.82) is 0 Å². The zero-order valence-corrected chi connectivity index (χ0v) is 15.6. The number of nitrogens with one attached hydrogen (secondary N) is 2. The van der Waals surface area contributed by atoms with Gasteiger partial charge in [0.25, 0.3) is 5.91 Å². The summed E-state index contributed by atoms with van der Waals surface area (Å²) in [5, 5.41) is 5.05. The van der Waals surface area contributed by atoms with Gasteiger partial charge in [0, 0.05) is 17.3 Å². The molecule has 0 aliphatic carbocycles. The topological polar surface area (TPSA) is 91.7 Å². The van der Waals surface area contributed by atoms with Crippen molar-refractivity contribution in [2.45, 2.75) is 0 Å². The number of urea groups is 1. The maximum Gasteiger partial charge on any atom is 0.329 e. The first-order valence-corrected chi connectivity index (χ1v) is 9.05. The molecular formula is C22H16FN3O4. The molecule has 0 radical (unpaired) electrons. The van der Waals surface area contributed by atoms with Crippen LogP contribution in [0.4, 0.5) is 14.9 Å². The number of para-hydroxylation sites is 1. The highest BCUT2D eigenvalue weighted by Crippen LogP contribution is 2.24. The predicted molar refractivity (Wildman–Crippen MR) is 107 cm³/mol. The first-order valence-electron chi connectivity index (χ1n) is 9.05. The molecule has 0 atom stereocenters. The van der Waals surface area contributed by atoms with Gasteiger partial charge in [-0.25, -0.2) is 14.1 Å². The number of benzene rings is 2. The first-order chi connectivity index (χ1) is 14.5. The number of anilines is 1. The summed E-state index contributed by atoms with van der Waals surface area (Å²) in [5.74, 6) is -0.832. The summed E-state index contributed by atoms with van der Waals surface area (Å²) in [6.45, 7) is -0.427. The smallest absolute Gasteiger partial charge is 0.329 e. The van der Waals surface area contributed by atoms with Gasteiger partial charge in [-0.05, 0) is 36.4 Å². The molecule has 8 heteroatoms. The fraction of sp³-hybridized carbons (Fsp3) is 0.0455. The SMILES string of the molecule is O=C(CN1C(=O)N/C(=C/c2ccc(-c3cccc(F)c3)o2)C1=O)Nc1ccccc1. The number of nitrogens with zero attached hydrogens (tertiary/aromatic N) is 1. The van der Waals surface area contributed by atoms with Crippen LogP contribution in [-0.4, -0.2) is 29.3 Å². The number of amides is 4. The van der Waals surface area contributed by atoms with Gasteiger partial charge in [-0.2, -0.15) is 0 Å². The van der Waals surface area contributed by atoms with Gasteiger partial charge in [-0.1, -0.05) is 30.3 Å². The number of furan rings is 1. The van der Waals surface area contributed by atoms with E-state index in [0.29, 0.717) is 22.8 Å². The summed E-state index contributed by atoms with van der Waals surface area (Å²) >= 11 is 0. The molecule has 4 amide bonds. The minimum atomic E-state index is -0.702. The van der Waals surface area contributed by atoms with Crippen LogP contribution >= 0.6 is 0 Å². The standard InChI is InChI=1S/C22H16FN3O4/c23-15-6-4-5-14(11-15)19-10-9-17(30-19)12-18-21(28)26(22(29)25-18)13-20(27)24-16-7-2-1-3-8-16/h1-12H,13H2,(H,24,27)(H,25,29)/b18-12+. The summed E-state index contributed by atoms with van der Waals surface area (Å²) in [6, 6.07) is 17.1. The summed E-state index contributed by atoms with van der Waals surface area (Å²) < 4.78 is 19.0. The van der Waals surface area contributed by atoms with Crippen LogP contribution in [0.25, 0.3) is 17.4 Å². The maximum absolute atomic E-state index is 13.4. The van der Waals surface area contributed by atoms with E-state index in [9.17, 15) is 18.8 Å². The average Bonchev–Trinajstić information content (AvgIpc) is 3.29. The molecule has 3 aromatic rings. The van der Waals surface area contributed by atoms with E-state index in [1.807, 2.05) is 0 Å². The normalized spacial score (nSPS) is 14.8. The minimum absolute atomic E-state index is 0.0207. The Labute approximate surface area is 170 Å². The van der Waals surface area contributed by atoms with Gasteiger partial charge in [0.2, 0.25) is 5.91 Å². The lowest BCUT2D eigenvalue weighted by atomic mass is 10.2. The molecular weight excluding hydrogens is 389 g/mol. The molecule has 0 saturated carbocycles. The van der Waals surface area contributed by atoms with Gasteiger partial charge >= 0.3 is 6.03 Å². The molecule has 1 saturated heterocycles. The Morgan fingerprint density at radius 2 is 1.87 bits per heavy atom. The van der Waals surface area contributed by atoms with Crippen LogP contribution < -0.4 is 10.6 Å². The van der Waals surface area contributed by atoms with Crippen molar-refractivity contribution in [2.75, 3.05) is 11.9 Å². The third-order valence-electron chi connectivity index (χ3n) is 4.34. The Morgan fingerprint density at radius 3 is 2.63 bits per heavy atom. The van der Waals surface area contributed by atoms with Crippen molar-refractivity contribution in [1.82, 2.24) is 10.2 Å². The average molecular weight is 405 g/mol. The van der Waals surface area contributed by atoms with Crippen molar-refractivity contribution in [3.8, 4) is 11.3 Å². The summed E-state index contributed by atoms with van der Waals surface area (Å²) in [7, 11) is 0. The van der Waals surface area contributed by atoms with Gasteiger partial charge in [-0.15, -0.1) is 0 Å². The number of halogens is 1. The Balaban J connectivity index is 1.46. The third kappa shape index (κ3) is 4.12. The number of carbonyl (C=O) groups excluding carboxylic acids is 3. The third-order valence-corrected chi connectivity index (χ3v) is 4.34. The first kappa shape index (κ1) is 19.1. The Morgan fingerprint density at radius 1 is 1.07 bits per heavy atom. The molecule has 2 heterocycles. The van der Waals surface area contributed by atoms with Crippen LogP contribution in [0.2, 0.25) is 0 Å². The number of rotatable bonds is 5. The second-order valence-electron chi connectivity index (χ2n) is 6.51. The van der Waals surface area contributed by atoms with E-state index in [1.54, 1.807) is 54.6 Å².